The highest BCUT2D eigenvalue weighted by Gasteiger charge is 2.35. The maximum atomic E-state index is 12.8. The summed E-state index contributed by atoms with van der Waals surface area (Å²) in [6.45, 7) is 0. The van der Waals surface area contributed by atoms with Crippen LogP contribution in [0.2, 0.25) is 0 Å². The molecule has 0 radical (unpaired) electrons. The highest BCUT2D eigenvalue weighted by Crippen LogP contribution is 2.38. The Morgan fingerprint density at radius 2 is 1.95 bits per heavy atom. The first-order valence-electron chi connectivity index (χ1n) is 5.48. The summed E-state index contributed by atoms with van der Waals surface area (Å²) in [6, 6.07) is 3.14. The van der Waals surface area contributed by atoms with Gasteiger partial charge in [0.15, 0.2) is 0 Å². The van der Waals surface area contributed by atoms with Crippen molar-refractivity contribution in [1.82, 2.24) is 0 Å². The molecule has 2 N–H and O–H groups in total. The number of hydrogen-bond acceptors (Lipinski definition) is 3. The number of rotatable bonds is 5. The maximum absolute atomic E-state index is 12.8. The topological polar surface area (TPSA) is 49.7 Å². The second kappa shape index (κ2) is 6.45. The Kier molecular flexibility index (Phi) is 5.46. The minimum absolute atomic E-state index is 0.0364. The number of hydrogen-bond donors (Lipinski definition) is 2. The van der Waals surface area contributed by atoms with Crippen LogP contribution in [0.4, 0.5) is 13.2 Å². The number of ether oxygens (including phenoxy) is 1. The first kappa shape index (κ1) is 16.1. The van der Waals surface area contributed by atoms with Crippen molar-refractivity contribution in [3.8, 4) is 5.75 Å². The van der Waals surface area contributed by atoms with Crippen LogP contribution in [-0.2, 0) is 6.18 Å². The third-order valence-electron chi connectivity index (χ3n) is 2.64. The number of halogens is 4. The van der Waals surface area contributed by atoms with E-state index in [1.165, 1.54) is 6.07 Å². The number of aliphatic hydroxyl groups is 2. The van der Waals surface area contributed by atoms with Gasteiger partial charge < -0.3 is 14.9 Å². The molecule has 0 saturated carbocycles. The zero-order valence-electron chi connectivity index (χ0n) is 10.1. The molecule has 0 aliphatic carbocycles. The summed E-state index contributed by atoms with van der Waals surface area (Å²) in [7, 11) is 1.13. The van der Waals surface area contributed by atoms with Crippen molar-refractivity contribution >= 4 is 11.6 Å². The summed E-state index contributed by atoms with van der Waals surface area (Å²) in [6.07, 6.45) is -7.16. The predicted molar refractivity (Wildman–Crippen MR) is 64.3 cm³/mol. The lowest BCUT2D eigenvalue weighted by molar-refractivity contribution is -0.138. The van der Waals surface area contributed by atoms with Crippen molar-refractivity contribution in [3.63, 3.8) is 0 Å². The van der Waals surface area contributed by atoms with Gasteiger partial charge in [-0.25, -0.2) is 0 Å². The molecule has 0 spiro atoms. The van der Waals surface area contributed by atoms with Crippen molar-refractivity contribution in [1.29, 1.82) is 0 Å². The number of alkyl halides is 4. The summed E-state index contributed by atoms with van der Waals surface area (Å²) < 4.78 is 43.0. The zero-order valence-corrected chi connectivity index (χ0v) is 10.9. The molecular formula is C12H14ClF3O3. The normalized spacial score (nSPS) is 15.1. The lowest BCUT2D eigenvalue weighted by Crippen LogP contribution is -2.19. The first-order valence-corrected chi connectivity index (χ1v) is 6.02. The smallest absolute Gasteiger partial charge is 0.419 e. The molecule has 0 aliphatic rings. The van der Waals surface area contributed by atoms with Gasteiger partial charge in [-0.2, -0.15) is 13.2 Å². The molecule has 0 aromatic heterocycles. The largest absolute Gasteiger partial charge is 0.496 e. The molecule has 0 saturated heterocycles. The molecule has 1 rings (SSSR count). The molecule has 19 heavy (non-hydrogen) atoms. The van der Waals surface area contributed by atoms with Crippen LogP contribution < -0.4 is 4.74 Å². The lowest BCUT2D eigenvalue weighted by Gasteiger charge is -2.19. The summed E-state index contributed by atoms with van der Waals surface area (Å²) in [5.41, 5.74) is -1.03. The minimum atomic E-state index is -4.60. The van der Waals surface area contributed by atoms with E-state index in [4.69, 9.17) is 11.6 Å². The molecule has 1 aromatic rings. The van der Waals surface area contributed by atoms with Gasteiger partial charge >= 0.3 is 6.18 Å². The summed E-state index contributed by atoms with van der Waals surface area (Å²) in [4.78, 5) is 0. The van der Waals surface area contributed by atoms with Gasteiger partial charge in [0.1, 0.15) is 11.9 Å². The number of benzene rings is 1. The Morgan fingerprint density at radius 1 is 1.32 bits per heavy atom. The van der Waals surface area contributed by atoms with E-state index >= 15 is 0 Å². The van der Waals surface area contributed by atoms with Gasteiger partial charge in [0.2, 0.25) is 0 Å². The minimum Gasteiger partial charge on any atom is -0.496 e. The van der Waals surface area contributed by atoms with Gasteiger partial charge in [0.05, 0.1) is 18.8 Å². The Bertz CT molecular complexity index is 423. The highest BCUT2D eigenvalue weighted by molar-refractivity contribution is 6.17. The van der Waals surface area contributed by atoms with E-state index in [0.29, 0.717) is 0 Å². The first-order chi connectivity index (χ1) is 8.81. The fraction of sp³-hybridized carbons (Fsp3) is 0.500. The second-order valence-corrected chi connectivity index (χ2v) is 4.33. The van der Waals surface area contributed by atoms with Gasteiger partial charge in [0.25, 0.3) is 0 Å². The monoisotopic (exact) mass is 298 g/mol. The SMILES string of the molecule is COc1ccc(C(O)C(O)CCCl)cc1C(F)(F)F. The Balaban J connectivity index is 3.11. The van der Waals surface area contributed by atoms with Crippen LogP contribution in [-0.4, -0.2) is 29.3 Å². The van der Waals surface area contributed by atoms with Crippen molar-refractivity contribution in [2.45, 2.75) is 24.8 Å². The Morgan fingerprint density at radius 3 is 2.42 bits per heavy atom. The van der Waals surface area contributed by atoms with Crippen molar-refractivity contribution < 1.29 is 28.1 Å². The molecule has 0 heterocycles. The standard InChI is InChI=1S/C12H14ClF3O3/c1-19-10-3-2-7(6-8(10)12(14,15)16)11(18)9(17)4-5-13/h2-3,6,9,11,17-18H,4-5H2,1H3. The molecule has 2 atom stereocenters. The molecule has 0 amide bonds. The molecule has 0 fully saturated rings. The average molecular weight is 299 g/mol. The third-order valence-corrected chi connectivity index (χ3v) is 2.86. The van der Waals surface area contributed by atoms with Crippen molar-refractivity contribution in [2.24, 2.45) is 0 Å². The molecule has 1 aromatic carbocycles. The summed E-state index contributed by atoms with van der Waals surface area (Å²) >= 11 is 5.41. The third kappa shape index (κ3) is 3.99. The van der Waals surface area contributed by atoms with Gasteiger partial charge in [-0.05, 0) is 24.1 Å². The molecule has 0 bridgehead atoms. The Hall–Kier alpha value is -0.980. The molecule has 0 aliphatic heterocycles. The van der Waals surface area contributed by atoms with E-state index in [1.807, 2.05) is 0 Å². The van der Waals surface area contributed by atoms with E-state index in [-0.39, 0.29) is 23.6 Å². The average Bonchev–Trinajstić information content (AvgIpc) is 2.36. The van der Waals surface area contributed by atoms with Gasteiger partial charge in [0, 0.05) is 5.88 Å². The van der Waals surface area contributed by atoms with Crippen LogP contribution in [0.3, 0.4) is 0 Å². The molecule has 3 nitrogen and oxygen atoms in total. The van der Waals surface area contributed by atoms with Crippen LogP contribution in [0.15, 0.2) is 18.2 Å². The second-order valence-electron chi connectivity index (χ2n) is 3.95. The maximum Gasteiger partial charge on any atom is 0.419 e. The Labute approximate surface area is 113 Å². The van der Waals surface area contributed by atoms with Crippen LogP contribution in [0.25, 0.3) is 0 Å². The van der Waals surface area contributed by atoms with Crippen LogP contribution >= 0.6 is 11.6 Å². The molecule has 2 unspecified atom stereocenters. The molecule has 7 heteroatoms. The van der Waals surface area contributed by atoms with Gasteiger partial charge in [-0.3, -0.25) is 0 Å². The van der Waals surface area contributed by atoms with E-state index < -0.39 is 23.9 Å². The number of aliphatic hydroxyl groups excluding tert-OH is 2. The van der Waals surface area contributed by atoms with Crippen LogP contribution in [0, 0.1) is 0 Å². The van der Waals surface area contributed by atoms with E-state index in [9.17, 15) is 23.4 Å². The molecule has 108 valence electrons. The highest BCUT2D eigenvalue weighted by atomic mass is 35.5. The van der Waals surface area contributed by atoms with E-state index in [2.05, 4.69) is 4.74 Å². The van der Waals surface area contributed by atoms with Crippen molar-refractivity contribution in [3.05, 3.63) is 29.3 Å². The summed E-state index contributed by atoms with van der Waals surface area (Å²) in [5, 5.41) is 19.3. The summed E-state index contributed by atoms with van der Waals surface area (Å²) in [5.74, 6) is -0.240. The lowest BCUT2D eigenvalue weighted by atomic mass is 10.00. The predicted octanol–water partition coefficient (Wildman–Crippen LogP) is 2.74. The fourth-order valence-corrected chi connectivity index (χ4v) is 1.85. The fourth-order valence-electron chi connectivity index (χ4n) is 1.62. The van der Waals surface area contributed by atoms with E-state index in [0.717, 1.165) is 19.2 Å². The van der Waals surface area contributed by atoms with Crippen LogP contribution in [0.1, 0.15) is 23.7 Å². The van der Waals surface area contributed by atoms with Gasteiger partial charge in [-0.15, -0.1) is 11.6 Å². The zero-order chi connectivity index (χ0) is 14.6. The van der Waals surface area contributed by atoms with Crippen LogP contribution in [0.5, 0.6) is 5.75 Å². The quantitative estimate of drug-likeness (QED) is 0.822. The number of methoxy groups -OCH3 is 1. The molecular weight excluding hydrogens is 285 g/mol. The van der Waals surface area contributed by atoms with Crippen molar-refractivity contribution in [2.75, 3.05) is 13.0 Å². The van der Waals surface area contributed by atoms with Gasteiger partial charge in [-0.1, -0.05) is 6.07 Å². The van der Waals surface area contributed by atoms with E-state index in [1.54, 1.807) is 0 Å².